The molecule has 0 aliphatic rings. The number of aliphatic hydroxyl groups is 1. The number of nitrogens with zero attached hydrogens (tertiary/aromatic N) is 1. The molecule has 2 N–H and O–H groups in total. The fourth-order valence-electron chi connectivity index (χ4n) is 6.58. The molecule has 0 aliphatic carbocycles. The minimum atomic E-state index is -1.46. The highest BCUT2D eigenvalue weighted by Crippen LogP contribution is 2.15. The van der Waals surface area contributed by atoms with E-state index in [0.29, 0.717) is 17.4 Å². The molecule has 0 bridgehead atoms. The maximum Gasteiger partial charge on any atom is 0.361 e. The Kier molecular flexibility index (Phi) is 43.7. The minimum Gasteiger partial charge on any atom is -0.477 e. The Labute approximate surface area is 380 Å². The molecule has 2 atom stereocenters. The third-order valence-electron chi connectivity index (χ3n) is 10.4. The number of carboxylic acid groups (broad SMARTS) is 1. The molecule has 62 heavy (non-hydrogen) atoms. The first-order chi connectivity index (χ1) is 30.2. The van der Waals surface area contributed by atoms with Crippen LogP contribution >= 0.6 is 0 Å². The number of rotatable bonds is 45. The summed E-state index contributed by atoms with van der Waals surface area (Å²) in [6, 6.07) is 0. The van der Waals surface area contributed by atoms with Crippen molar-refractivity contribution in [1.82, 2.24) is 0 Å². The zero-order valence-electron chi connectivity index (χ0n) is 40.2. The molecule has 0 spiro atoms. The molecule has 0 saturated heterocycles. The maximum absolute atomic E-state index is 12.0. The molecule has 0 aromatic carbocycles. The summed E-state index contributed by atoms with van der Waals surface area (Å²) in [5.41, 5.74) is 0. The van der Waals surface area contributed by atoms with Crippen LogP contribution in [0.2, 0.25) is 0 Å². The van der Waals surface area contributed by atoms with Gasteiger partial charge in [0.2, 0.25) is 0 Å². The van der Waals surface area contributed by atoms with Crippen LogP contribution in [0.1, 0.15) is 187 Å². The number of carbonyl (C=O) groups excluding carboxylic acids is 1. The summed E-state index contributed by atoms with van der Waals surface area (Å²) in [6.45, 7) is 2.47. The summed E-state index contributed by atoms with van der Waals surface area (Å²) < 4.78 is 16.2. The van der Waals surface area contributed by atoms with Gasteiger partial charge in [-0.05, 0) is 64.2 Å². The molecule has 0 aliphatic heterocycles. The van der Waals surface area contributed by atoms with E-state index in [1.165, 1.54) is 109 Å². The molecule has 356 valence electrons. The van der Waals surface area contributed by atoms with E-state index in [1.807, 2.05) is 21.1 Å². The van der Waals surface area contributed by atoms with E-state index < -0.39 is 18.4 Å². The van der Waals surface area contributed by atoms with Crippen LogP contribution in [-0.2, 0) is 23.8 Å². The van der Waals surface area contributed by atoms with Crippen molar-refractivity contribution in [1.29, 1.82) is 0 Å². The Hall–Kier alpha value is -3.04. The van der Waals surface area contributed by atoms with Crippen molar-refractivity contribution in [3.05, 3.63) is 85.1 Å². The molecule has 0 rings (SSSR count). The first-order valence-electron chi connectivity index (χ1n) is 24.8. The van der Waals surface area contributed by atoms with Gasteiger partial charge in [-0.25, -0.2) is 4.79 Å². The molecule has 0 amide bonds. The van der Waals surface area contributed by atoms with Crippen LogP contribution in [0.3, 0.4) is 0 Å². The van der Waals surface area contributed by atoms with Crippen LogP contribution in [0, 0.1) is 0 Å². The van der Waals surface area contributed by atoms with E-state index in [4.69, 9.17) is 14.2 Å². The molecule has 0 radical (unpaired) electrons. The van der Waals surface area contributed by atoms with E-state index in [2.05, 4.69) is 92.0 Å². The minimum absolute atomic E-state index is 0.209. The first-order valence-corrected chi connectivity index (χ1v) is 24.8. The monoisotopic (exact) mass is 869 g/mol. The first kappa shape index (κ1) is 59.0. The lowest BCUT2D eigenvalue weighted by Gasteiger charge is -2.24. The molecule has 0 fully saturated rings. The number of quaternary nitrogens is 1. The molecule has 8 heteroatoms. The number of aliphatic hydroxyl groups excluding tert-OH is 1. The van der Waals surface area contributed by atoms with Gasteiger partial charge < -0.3 is 28.9 Å². The Balaban J connectivity index is 3.44. The summed E-state index contributed by atoms with van der Waals surface area (Å²) in [5.74, 6) is -1.61. The summed E-state index contributed by atoms with van der Waals surface area (Å²) in [5, 5.41) is 19.3. The highest BCUT2D eigenvalue weighted by atomic mass is 16.7. The van der Waals surface area contributed by atoms with Gasteiger partial charge in [0.15, 0.2) is 0 Å². The topological polar surface area (TPSA) is 102 Å². The van der Waals surface area contributed by atoms with Crippen molar-refractivity contribution in [2.45, 2.75) is 199 Å². The molecule has 2 unspecified atom stereocenters. The van der Waals surface area contributed by atoms with Gasteiger partial charge in [-0.3, -0.25) is 4.79 Å². The number of carboxylic acids is 1. The summed E-state index contributed by atoms with van der Waals surface area (Å²) in [6.07, 6.45) is 62.4. The normalized spacial score (nSPS) is 13.8. The standard InChI is InChI=1S/C54H93NO7/c1-5-6-7-8-9-10-11-12-13-14-15-16-17-18-19-20-21-22-23-24-25-26-27-28-29-30-31-32-33-34-35-36-37-38-39-40-41-42-43-44-45-46-52(57)61-49-51(56)50-62-54(53(58)59)60-48-47-55(2,3)4/h6-7,9-10,12-13,15-16,18-19,21-22,24-25,51,54,56H,5,8,11,14,17,20,23,26-50H2,1-4H3/p+1/b7-6-,10-9-,13-12-,16-15-,19-18-,22-21-,25-24-. The zero-order valence-corrected chi connectivity index (χ0v) is 40.2. The Bertz CT molecular complexity index is 1230. The van der Waals surface area contributed by atoms with Crippen LogP contribution in [-0.4, -0.2) is 86.5 Å². The number of unbranched alkanes of at least 4 members (excludes halogenated alkanes) is 19. The molecule has 0 saturated carbocycles. The molecule has 0 aromatic rings. The molecule has 8 nitrogen and oxygen atoms in total. The highest BCUT2D eigenvalue weighted by molar-refractivity contribution is 5.70. The lowest BCUT2D eigenvalue weighted by Crippen LogP contribution is -2.40. The van der Waals surface area contributed by atoms with E-state index >= 15 is 0 Å². The van der Waals surface area contributed by atoms with Crippen molar-refractivity contribution in [2.24, 2.45) is 0 Å². The highest BCUT2D eigenvalue weighted by Gasteiger charge is 2.22. The van der Waals surface area contributed by atoms with Crippen molar-refractivity contribution < 1.29 is 38.5 Å². The van der Waals surface area contributed by atoms with E-state index in [-0.39, 0.29) is 25.8 Å². The molecular weight excluding hydrogens is 775 g/mol. The fourth-order valence-corrected chi connectivity index (χ4v) is 6.58. The summed E-state index contributed by atoms with van der Waals surface area (Å²) in [7, 11) is 5.92. The van der Waals surface area contributed by atoms with Crippen LogP contribution in [0.4, 0.5) is 0 Å². The van der Waals surface area contributed by atoms with Crippen molar-refractivity contribution in [3.8, 4) is 0 Å². The number of allylic oxidation sites excluding steroid dienone is 14. The van der Waals surface area contributed by atoms with Gasteiger partial charge >= 0.3 is 11.9 Å². The van der Waals surface area contributed by atoms with Gasteiger partial charge in [0.25, 0.3) is 6.29 Å². The Morgan fingerprint density at radius 3 is 1.21 bits per heavy atom. The third-order valence-corrected chi connectivity index (χ3v) is 10.4. The Morgan fingerprint density at radius 2 is 0.839 bits per heavy atom. The van der Waals surface area contributed by atoms with E-state index in [1.54, 1.807) is 0 Å². The van der Waals surface area contributed by atoms with Gasteiger partial charge in [-0.15, -0.1) is 0 Å². The number of aliphatic carboxylic acids is 1. The largest absolute Gasteiger partial charge is 0.477 e. The van der Waals surface area contributed by atoms with E-state index in [0.717, 1.165) is 64.2 Å². The van der Waals surface area contributed by atoms with Crippen LogP contribution in [0.5, 0.6) is 0 Å². The van der Waals surface area contributed by atoms with Crippen molar-refractivity contribution in [3.63, 3.8) is 0 Å². The van der Waals surface area contributed by atoms with Gasteiger partial charge in [0, 0.05) is 6.42 Å². The van der Waals surface area contributed by atoms with Gasteiger partial charge in [0.1, 0.15) is 19.3 Å². The quantitative estimate of drug-likeness (QED) is 0.0207. The van der Waals surface area contributed by atoms with Crippen molar-refractivity contribution in [2.75, 3.05) is 47.5 Å². The van der Waals surface area contributed by atoms with Gasteiger partial charge in [0.05, 0.1) is 34.4 Å². The van der Waals surface area contributed by atoms with Gasteiger partial charge in [-0.2, -0.15) is 0 Å². The number of ether oxygens (including phenoxy) is 3. The second-order valence-corrected chi connectivity index (χ2v) is 17.6. The number of esters is 1. The Morgan fingerprint density at radius 1 is 0.484 bits per heavy atom. The lowest BCUT2D eigenvalue weighted by molar-refractivity contribution is -0.870. The molecule has 0 heterocycles. The van der Waals surface area contributed by atoms with E-state index in [9.17, 15) is 19.8 Å². The summed E-state index contributed by atoms with van der Waals surface area (Å²) >= 11 is 0. The second kappa shape index (κ2) is 46.0. The summed E-state index contributed by atoms with van der Waals surface area (Å²) in [4.78, 5) is 23.4. The number of carbonyl (C=O) groups is 2. The van der Waals surface area contributed by atoms with Crippen LogP contribution in [0.25, 0.3) is 0 Å². The van der Waals surface area contributed by atoms with Crippen molar-refractivity contribution >= 4 is 11.9 Å². The molecular formula is C54H94NO7+. The third kappa shape index (κ3) is 48.0. The molecule has 0 aromatic heterocycles. The van der Waals surface area contributed by atoms with Crippen LogP contribution in [0.15, 0.2) is 85.1 Å². The SMILES string of the molecule is CC/C=C\C/C=C\C/C=C\C/C=C\C/C=C\C/C=C\C/C=C\CCCCCCCCCCCCCCCCCCCCCC(=O)OCC(O)COC(OCC[N+](C)(C)C)C(=O)O. The number of hydrogen-bond donors (Lipinski definition) is 2. The average molecular weight is 869 g/mol. The smallest absolute Gasteiger partial charge is 0.361 e. The predicted molar refractivity (Wildman–Crippen MR) is 262 cm³/mol. The van der Waals surface area contributed by atoms with Crippen LogP contribution < -0.4 is 0 Å². The zero-order chi connectivity index (χ0) is 45.5. The maximum atomic E-state index is 12.0. The predicted octanol–water partition coefficient (Wildman–Crippen LogP) is 13.9. The van der Waals surface area contributed by atoms with Gasteiger partial charge in [-0.1, -0.05) is 201 Å². The lowest BCUT2D eigenvalue weighted by atomic mass is 10.0. The second-order valence-electron chi connectivity index (χ2n) is 17.6. The average Bonchev–Trinajstić information content (AvgIpc) is 3.24. The number of hydrogen-bond acceptors (Lipinski definition) is 6. The fraction of sp³-hybridized carbons (Fsp3) is 0.704. The number of likely N-dealkylation sites (N-methyl/N-ethyl adjacent to an activating group) is 1.